The molecular formula is C22H30N2O4S. The van der Waals surface area contributed by atoms with Gasteiger partial charge in [0.25, 0.3) is 5.91 Å². The Morgan fingerprint density at radius 2 is 1.66 bits per heavy atom. The molecule has 2 saturated heterocycles. The number of benzene rings is 1. The number of hydrogen-bond donors (Lipinski definition) is 0. The van der Waals surface area contributed by atoms with E-state index in [2.05, 4.69) is 20.8 Å². The van der Waals surface area contributed by atoms with E-state index in [0.29, 0.717) is 41.8 Å². The van der Waals surface area contributed by atoms with E-state index in [1.54, 1.807) is 28.6 Å². The molecule has 2 unspecified atom stereocenters. The van der Waals surface area contributed by atoms with Crippen LogP contribution in [0.1, 0.15) is 50.6 Å². The maximum atomic E-state index is 13.0. The Morgan fingerprint density at radius 1 is 1.00 bits per heavy atom. The highest BCUT2D eigenvalue weighted by Gasteiger charge is 2.30. The zero-order valence-electron chi connectivity index (χ0n) is 17.4. The zero-order valence-corrected chi connectivity index (χ0v) is 18.2. The molecule has 2 aliphatic heterocycles. The number of hydrogen-bond acceptors (Lipinski definition) is 4. The predicted octanol–water partition coefficient (Wildman–Crippen LogP) is 3.97. The highest BCUT2D eigenvalue weighted by molar-refractivity contribution is 7.89. The molecule has 2 aromatic rings. The van der Waals surface area contributed by atoms with Crippen molar-refractivity contribution in [2.45, 2.75) is 44.9 Å². The first-order chi connectivity index (χ1) is 13.7. The third kappa shape index (κ3) is 4.08. The third-order valence-electron chi connectivity index (χ3n) is 6.23. The molecule has 0 bridgehead atoms. The lowest BCUT2D eigenvalue weighted by molar-refractivity contribution is 0.0594. The van der Waals surface area contributed by atoms with Crippen molar-refractivity contribution in [3.05, 3.63) is 30.0 Å². The van der Waals surface area contributed by atoms with Gasteiger partial charge < -0.3 is 9.32 Å². The average Bonchev–Trinajstić information content (AvgIpc) is 3.10. The third-order valence-corrected chi connectivity index (χ3v) is 8.13. The summed E-state index contributed by atoms with van der Waals surface area (Å²) >= 11 is 0. The molecule has 2 atom stereocenters. The molecule has 0 spiro atoms. The summed E-state index contributed by atoms with van der Waals surface area (Å²) in [7, 11) is -3.53. The van der Waals surface area contributed by atoms with Gasteiger partial charge in [0.05, 0.1) is 4.90 Å². The number of nitrogens with zero attached hydrogens (tertiary/aromatic N) is 2. The van der Waals surface area contributed by atoms with Crippen molar-refractivity contribution >= 4 is 26.9 Å². The van der Waals surface area contributed by atoms with Gasteiger partial charge in [-0.05, 0) is 61.3 Å². The van der Waals surface area contributed by atoms with Gasteiger partial charge in [-0.1, -0.05) is 20.8 Å². The number of likely N-dealkylation sites (tertiary alicyclic amines) is 1. The Kier molecular flexibility index (Phi) is 5.46. The number of amides is 1. The first-order valence-corrected chi connectivity index (χ1v) is 12.0. The number of carbonyl (C=O) groups is 1. The topological polar surface area (TPSA) is 70.8 Å². The van der Waals surface area contributed by atoms with Crippen LogP contribution in [0, 0.1) is 17.8 Å². The smallest absolute Gasteiger partial charge is 0.289 e. The van der Waals surface area contributed by atoms with Crippen LogP contribution in [0.25, 0.3) is 11.0 Å². The van der Waals surface area contributed by atoms with Crippen molar-refractivity contribution in [2.24, 2.45) is 17.8 Å². The number of fused-ring (bicyclic) bond motifs is 1. The van der Waals surface area contributed by atoms with Gasteiger partial charge in [0.1, 0.15) is 5.58 Å². The van der Waals surface area contributed by atoms with E-state index in [1.165, 1.54) is 0 Å². The summed E-state index contributed by atoms with van der Waals surface area (Å²) in [6.45, 7) is 9.05. The molecule has 158 valence electrons. The molecule has 0 radical (unpaired) electrons. The second-order valence-electron chi connectivity index (χ2n) is 9.05. The van der Waals surface area contributed by atoms with Crippen molar-refractivity contribution in [3.8, 4) is 0 Å². The van der Waals surface area contributed by atoms with E-state index in [4.69, 9.17) is 4.42 Å². The molecule has 4 rings (SSSR count). The van der Waals surface area contributed by atoms with Crippen LogP contribution in [0.2, 0.25) is 0 Å². The van der Waals surface area contributed by atoms with Gasteiger partial charge in [0.2, 0.25) is 10.0 Å². The molecule has 7 heteroatoms. The molecule has 1 aromatic heterocycles. The lowest BCUT2D eigenvalue weighted by Gasteiger charge is -2.34. The number of sulfonamides is 1. The van der Waals surface area contributed by atoms with Gasteiger partial charge in [0.15, 0.2) is 5.76 Å². The highest BCUT2D eigenvalue weighted by Crippen LogP contribution is 2.29. The Bertz CT molecular complexity index is 995. The number of rotatable bonds is 3. The fourth-order valence-corrected chi connectivity index (χ4v) is 6.15. The van der Waals surface area contributed by atoms with Crippen LogP contribution in [0.4, 0.5) is 0 Å². The molecule has 3 heterocycles. The molecule has 2 fully saturated rings. The van der Waals surface area contributed by atoms with Crippen LogP contribution < -0.4 is 0 Å². The fourth-order valence-electron chi connectivity index (χ4n) is 4.65. The highest BCUT2D eigenvalue weighted by atomic mass is 32.2. The van der Waals surface area contributed by atoms with Gasteiger partial charge >= 0.3 is 0 Å². The molecule has 1 aromatic carbocycles. The van der Waals surface area contributed by atoms with Gasteiger partial charge in [-0.25, -0.2) is 8.42 Å². The van der Waals surface area contributed by atoms with Crippen LogP contribution in [-0.4, -0.2) is 49.7 Å². The minimum atomic E-state index is -3.53. The van der Waals surface area contributed by atoms with Crippen LogP contribution in [0.3, 0.4) is 0 Å². The molecule has 29 heavy (non-hydrogen) atoms. The van der Waals surface area contributed by atoms with E-state index >= 15 is 0 Å². The van der Waals surface area contributed by atoms with E-state index in [9.17, 15) is 13.2 Å². The molecule has 2 aliphatic rings. The van der Waals surface area contributed by atoms with Crippen LogP contribution in [-0.2, 0) is 10.0 Å². The summed E-state index contributed by atoms with van der Waals surface area (Å²) < 4.78 is 33.4. The van der Waals surface area contributed by atoms with Gasteiger partial charge in [-0.15, -0.1) is 0 Å². The summed E-state index contributed by atoms with van der Waals surface area (Å²) in [5, 5.41) is 0.651. The summed E-state index contributed by atoms with van der Waals surface area (Å²) in [5.41, 5.74) is 0.540. The van der Waals surface area contributed by atoms with E-state index in [1.807, 2.05) is 4.90 Å². The van der Waals surface area contributed by atoms with Gasteiger partial charge in [-0.2, -0.15) is 4.31 Å². The van der Waals surface area contributed by atoms with Crippen molar-refractivity contribution in [2.75, 3.05) is 26.2 Å². The number of piperidine rings is 2. The van der Waals surface area contributed by atoms with Crippen molar-refractivity contribution in [1.82, 2.24) is 9.21 Å². The van der Waals surface area contributed by atoms with Gasteiger partial charge in [0, 0.05) is 31.6 Å². The maximum Gasteiger partial charge on any atom is 0.289 e. The maximum absolute atomic E-state index is 13.0. The summed E-state index contributed by atoms with van der Waals surface area (Å²) in [6, 6.07) is 6.55. The Morgan fingerprint density at radius 3 is 2.31 bits per heavy atom. The van der Waals surface area contributed by atoms with Crippen molar-refractivity contribution in [1.29, 1.82) is 0 Å². The SMILES string of the molecule is CC1CCN(S(=O)(=O)c2ccc3oc(C(=O)N4CC(C)CC(C)C4)cc3c2)CC1. The molecule has 1 amide bonds. The molecule has 0 aliphatic carbocycles. The van der Waals surface area contributed by atoms with Crippen LogP contribution >= 0.6 is 0 Å². The lowest BCUT2D eigenvalue weighted by atomic mass is 9.92. The van der Waals surface area contributed by atoms with E-state index in [0.717, 1.165) is 32.4 Å². The zero-order chi connectivity index (χ0) is 20.8. The first-order valence-electron chi connectivity index (χ1n) is 10.6. The average molecular weight is 419 g/mol. The molecule has 0 saturated carbocycles. The van der Waals surface area contributed by atoms with Crippen molar-refractivity contribution < 1.29 is 17.6 Å². The largest absolute Gasteiger partial charge is 0.451 e. The normalized spacial score (nSPS) is 24.9. The van der Waals surface area contributed by atoms with E-state index < -0.39 is 10.0 Å². The predicted molar refractivity (Wildman–Crippen MR) is 112 cm³/mol. The Balaban J connectivity index is 1.58. The monoisotopic (exact) mass is 418 g/mol. The second-order valence-corrected chi connectivity index (χ2v) is 11.0. The second kappa shape index (κ2) is 7.76. The van der Waals surface area contributed by atoms with Crippen LogP contribution in [0.15, 0.2) is 33.6 Å². The van der Waals surface area contributed by atoms with E-state index in [-0.39, 0.29) is 16.6 Å². The van der Waals surface area contributed by atoms with Crippen LogP contribution in [0.5, 0.6) is 0 Å². The Hall–Kier alpha value is -1.86. The molecule has 6 nitrogen and oxygen atoms in total. The fraction of sp³-hybridized carbons (Fsp3) is 0.591. The summed E-state index contributed by atoms with van der Waals surface area (Å²) in [6.07, 6.45) is 2.90. The standard InChI is InChI=1S/C22H30N2O4S/c1-15-6-8-24(9-7-15)29(26,27)19-4-5-20-18(11-19)12-21(28-20)22(25)23-13-16(2)10-17(3)14-23/h4-5,11-12,15-17H,6-10,13-14H2,1-3H3. The summed E-state index contributed by atoms with van der Waals surface area (Å²) in [5.74, 6) is 1.66. The molecular weight excluding hydrogens is 388 g/mol. The van der Waals surface area contributed by atoms with Crippen molar-refractivity contribution in [3.63, 3.8) is 0 Å². The minimum absolute atomic E-state index is 0.117. The number of furan rings is 1. The van der Waals surface area contributed by atoms with Gasteiger partial charge in [-0.3, -0.25) is 4.79 Å². The molecule has 0 N–H and O–H groups in total. The Labute approximate surface area is 172 Å². The minimum Gasteiger partial charge on any atom is -0.451 e. The quantitative estimate of drug-likeness (QED) is 0.756. The number of carbonyl (C=O) groups excluding carboxylic acids is 1. The first kappa shape index (κ1) is 20.4. The lowest BCUT2D eigenvalue weighted by Crippen LogP contribution is -2.42. The summed E-state index contributed by atoms with van der Waals surface area (Å²) in [4.78, 5) is 15.0.